The van der Waals surface area contributed by atoms with Crippen LogP contribution < -0.4 is 9.46 Å². The summed E-state index contributed by atoms with van der Waals surface area (Å²) >= 11 is 0. The largest absolute Gasteiger partial charge is 0.435 e. The number of nitrogens with one attached hydrogen (secondary N) is 1. The van der Waals surface area contributed by atoms with Gasteiger partial charge in [0.1, 0.15) is 11.6 Å². The Balaban J connectivity index is 1.80. The smallest absolute Gasteiger partial charge is 0.416 e. The fourth-order valence-corrected chi connectivity index (χ4v) is 4.93. The molecule has 1 N–H and O–H groups in total. The summed E-state index contributed by atoms with van der Waals surface area (Å²) in [5.74, 6) is -1.35. The molecule has 3 aromatic carbocycles. The lowest BCUT2D eigenvalue weighted by molar-refractivity contribution is -0.137. The first kappa shape index (κ1) is 29.0. The number of rotatable bonds is 10. The van der Waals surface area contributed by atoms with Crippen molar-refractivity contribution in [2.45, 2.75) is 24.2 Å². The molecule has 40 heavy (non-hydrogen) atoms. The average molecular weight is 586 g/mol. The predicted octanol–water partition coefficient (Wildman–Crippen LogP) is 6.42. The third-order valence-corrected chi connectivity index (χ3v) is 7.00. The maximum atomic E-state index is 14.2. The van der Waals surface area contributed by atoms with E-state index in [0.29, 0.717) is 30.3 Å². The summed E-state index contributed by atoms with van der Waals surface area (Å²) in [6.45, 7) is -2.48. The summed E-state index contributed by atoms with van der Waals surface area (Å²) in [5.41, 5.74) is -0.209. The molecule has 14 heteroatoms. The number of benzene rings is 3. The second-order valence-electron chi connectivity index (χ2n) is 8.43. The zero-order valence-electron chi connectivity index (χ0n) is 20.6. The molecule has 0 aliphatic heterocycles. The zero-order chi connectivity index (χ0) is 29.1. The van der Waals surface area contributed by atoms with Crippen molar-refractivity contribution in [2.24, 2.45) is 0 Å². The molecule has 0 bridgehead atoms. The quantitative estimate of drug-likeness (QED) is 0.217. The highest BCUT2D eigenvalue weighted by molar-refractivity contribution is 7.92. The summed E-state index contributed by atoms with van der Waals surface area (Å²) in [6.07, 6.45) is -1.72. The van der Waals surface area contributed by atoms with Crippen molar-refractivity contribution in [3.63, 3.8) is 0 Å². The van der Waals surface area contributed by atoms with Crippen LogP contribution >= 0.6 is 0 Å². The number of anilines is 1. The highest BCUT2D eigenvalue weighted by Crippen LogP contribution is 2.36. The van der Waals surface area contributed by atoms with Gasteiger partial charge in [-0.1, -0.05) is 18.2 Å². The number of nitrogens with zero attached hydrogens (tertiary/aromatic N) is 2. The van der Waals surface area contributed by atoms with Gasteiger partial charge in [0.05, 0.1) is 35.5 Å². The Morgan fingerprint density at radius 2 is 1.77 bits per heavy atom. The Labute approximate surface area is 225 Å². The molecule has 4 aromatic rings. The predicted molar refractivity (Wildman–Crippen MR) is 134 cm³/mol. The Morgan fingerprint density at radius 1 is 1.00 bits per heavy atom. The third kappa shape index (κ3) is 6.93. The van der Waals surface area contributed by atoms with E-state index < -0.39 is 44.8 Å². The van der Waals surface area contributed by atoms with Gasteiger partial charge in [-0.3, -0.25) is 9.40 Å². The Hall–Kier alpha value is -4.04. The van der Waals surface area contributed by atoms with Gasteiger partial charge >= 0.3 is 12.8 Å². The van der Waals surface area contributed by atoms with E-state index in [9.17, 15) is 34.8 Å². The third-order valence-electron chi connectivity index (χ3n) is 5.63. The molecular formula is C26H21F6N3O4S. The molecule has 0 amide bonds. The molecule has 0 aliphatic carbocycles. The first-order valence-electron chi connectivity index (χ1n) is 11.5. The average Bonchev–Trinajstić information content (AvgIpc) is 3.35. The Kier molecular flexibility index (Phi) is 8.40. The number of hydrogen-bond acceptors (Lipinski definition) is 5. The van der Waals surface area contributed by atoms with Gasteiger partial charge in [-0.15, -0.1) is 0 Å². The highest BCUT2D eigenvalue weighted by Gasteiger charge is 2.32. The summed E-state index contributed by atoms with van der Waals surface area (Å²) in [4.78, 5) is -0.646. The van der Waals surface area contributed by atoms with Crippen LogP contribution in [-0.4, -0.2) is 38.5 Å². The number of halogens is 6. The molecule has 0 atom stereocenters. The minimum absolute atomic E-state index is 0.0810. The molecule has 0 aliphatic rings. The van der Waals surface area contributed by atoms with Gasteiger partial charge in [0.15, 0.2) is 0 Å². The molecule has 0 unspecified atom stereocenters. The summed E-state index contributed by atoms with van der Waals surface area (Å²) < 4.78 is 119. The van der Waals surface area contributed by atoms with Gasteiger partial charge in [0, 0.05) is 30.5 Å². The van der Waals surface area contributed by atoms with Crippen molar-refractivity contribution in [3.05, 3.63) is 84.4 Å². The lowest BCUT2D eigenvalue weighted by Gasteiger charge is -2.15. The van der Waals surface area contributed by atoms with E-state index in [0.717, 1.165) is 36.4 Å². The first-order valence-corrected chi connectivity index (χ1v) is 13.0. The highest BCUT2D eigenvalue weighted by atomic mass is 32.2. The first-order chi connectivity index (χ1) is 18.9. The van der Waals surface area contributed by atoms with E-state index in [4.69, 9.17) is 4.74 Å². The van der Waals surface area contributed by atoms with Crippen LogP contribution in [0.4, 0.5) is 32.0 Å². The molecule has 212 valence electrons. The van der Waals surface area contributed by atoms with Gasteiger partial charge in [-0.2, -0.15) is 27.1 Å². The topological polar surface area (TPSA) is 82.5 Å². The van der Waals surface area contributed by atoms with Gasteiger partial charge in [-0.05, 0) is 47.5 Å². The Bertz CT molecular complexity index is 1610. The number of alkyl halides is 5. The molecule has 0 spiro atoms. The number of ether oxygens (including phenoxy) is 2. The van der Waals surface area contributed by atoms with Crippen LogP contribution in [0.15, 0.2) is 78.0 Å². The van der Waals surface area contributed by atoms with Crippen LogP contribution in [0.2, 0.25) is 0 Å². The van der Waals surface area contributed by atoms with Gasteiger partial charge in [-0.25, -0.2) is 12.8 Å². The number of hydrogen-bond donors (Lipinski definition) is 1. The van der Waals surface area contributed by atoms with E-state index in [1.54, 1.807) is 10.9 Å². The van der Waals surface area contributed by atoms with Crippen LogP contribution in [0.5, 0.6) is 5.75 Å². The van der Waals surface area contributed by atoms with Crippen molar-refractivity contribution in [2.75, 3.05) is 18.4 Å². The molecule has 0 fully saturated rings. The van der Waals surface area contributed by atoms with Gasteiger partial charge in [0.25, 0.3) is 10.0 Å². The fourth-order valence-electron chi connectivity index (χ4n) is 3.81. The maximum Gasteiger partial charge on any atom is 0.416 e. The summed E-state index contributed by atoms with van der Waals surface area (Å²) in [6, 6.07) is 10.4. The lowest BCUT2D eigenvalue weighted by atomic mass is 10.00. The van der Waals surface area contributed by atoms with Crippen LogP contribution in [0.3, 0.4) is 0 Å². The minimum Gasteiger partial charge on any atom is -0.435 e. The van der Waals surface area contributed by atoms with Crippen LogP contribution in [0.1, 0.15) is 5.56 Å². The maximum absolute atomic E-state index is 14.2. The van der Waals surface area contributed by atoms with Crippen LogP contribution in [-0.2, 0) is 27.5 Å². The molecule has 4 rings (SSSR count). The number of aromatic nitrogens is 2. The second kappa shape index (κ2) is 11.6. The standard InChI is InChI=1S/C26H21F6N3O4S/c1-38-8-7-35-15-18(14-33-35)23-6-5-16(17-9-20(27)13-21(10-17)39-25(28)29)11-24(23)34-40(36,37)22-4-2-3-19(12-22)26(30,31)32/h2-6,9-15,25,34H,7-8H2,1H3. The number of methoxy groups -OCH3 is 1. The normalized spacial score (nSPS) is 12.1. The van der Waals surface area contributed by atoms with E-state index >= 15 is 0 Å². The zero-order valence-corrected chi connectivity index (χ0v) is 21.4. The molecule has 1 heterocycles. The molecule has 1 aromatic heterocycles. The van der Waals surface area contributed by atoms with Crippen molar-refractivity contribution in [3.8, 4) is 28.0 Å². The lowest BCUT2D eigenvalue weighted by Crippen LogP contribution is -2.15. The second-order valence-corrected chi connectivity index (χ2v) is 10.1. The number of sulfonamides is 1. The summed E-state index contributed by atoms with van der Waals surface area (Å²) in [5, 5.41) is 4.19. The Morgan fingerprint density at radius 3 is 2.48 bits per heavy atom. The van der Waals surface area contributed by atoms with Crippen molar-refractivity contribution in [1.29, 1.82) is 0 Å². The van der Waals surface area contributed by atoms with E-state index in [1.165, 1.54) is 31.5 Å². The molecule has 0 saturated heterocycles. The molecule has 7 nitrogen and oxygen atoms in total. The van der Waals surface area contributed by atoms with Gasteiger partial charge in [0.2, 0.25) is 0 Å². The van der Waals surface area contributed by atoms with Gasteiger partial charge < -0.3 is 9.47 Å². The SMILES string of the molecule is COCCn1cc(-c2ccc(-c3cc(F)cc(OC(F)F)c3)cc2NS(=O)(=O)c2cccc(C(F)(F)F)c2)cn1. The van der Waals surface area contributed by atoms with Crippen molar-refractivity contribution < 1.29 is 44.2 Å². The molecule has 0 saturated carbocycles. The molecular weight excluding hydrogens is 564 g/mol. The van der Waals surface area contributed by atoms with Crippen LogP contribution in [0, 0.1) is 5.82 Å². The van der Waals surface area contributed by atoms with E-state index in [1.807, 2.05) is 0 Å². The van der Waals surface area contributed by atoms with Crippen LogP contribution in [0.25, 0.3) is 22.3 Å². The minimum atomic E-state index is -4.78. The van der Waals surface area contributed by atoms with Crippen molar-refractivity contribution in [1.82, 2.24) is 9.78 Å². The van der Waals surface area contributed by atoms with E-state index in [2.05, 4.69) is 14.6 Å². The summed E-state index contributed by atoms with van der Waals surface area (Å²) in [7, 11) is -3.05. The van der Waals surface area contributed by atoms with E-state index in [-0.39, 0.29) is 16.8 Å². The molecule has 0 radical (unpaired) electrons. The van der Waals surface area contributed by atoms with Crippen molar-refractivity contribution >= 4 is 15.7 Å². The monoisotopic (exact) mass is 585 g/mol. The fraction of sp³-hybridized carbons (Fsp3) is 0.192.